The molecule has 6 nitrogen and oxygen atoms in total. The van der Waals surface area contributed by atoms with Crippen LogP contribution in [0.3, 0.4) is 0 Å². The molecule has 1 heterocycles. The number of hydrogen-bond donors (Lipinski definition) is 1. The molecule has 2 aromatic rings. The minimum Gasteiger partial charge on any atom is -0.497 e. The summed E-state index contributed by atoms with van der Waals surface area (Å²) in [6, 6.07) is 7.36. The molecule has 0 saturated carbocycles. The first-order valence-electron chi connectivity index (χ1n) is 8.16. The number of rotatable bonds is 6. The molecule has 0 bridgehead atoms. The summed E-state index contributed by atoms with van der Waals surface area (Å²) in [5, 5.41) is 3.11. The number of urea groups is 1. The quantitative estimate of drug-likeness (QED) is 0.886. The third-order valence-electron chi connectivity index (χ3n) is 4.04. The Morgan fingerprint density at radius 1 is 1.42 bits per heavy atom. The fourth-order valence-corrected chi connectivity index (χ4v) is 2.72. The predicted octanol–water partition coefficient (Wildman–Crippen LogP) is 2.96. The smallest absolute Gasteiger partial charge is 0.318 e. The molecule has 0 spiro atoms. The van der Waals surface area contributed by atoms with Crippen molar-refractivity contribution in [3.05, 3.63) is 48.0 Å². The molecular weight excluding hydrogens is 304 g/mol. The fraction of sp³-hybridized carbons (Fsp3) is 0.444. The molecular formula is C18H26N4O2. The van der Waals surface area contributed by atoms with Gasteiger partial charge in [0.1, 0.15) is 17.6 Å². The average Bonchev–Trinajstić information content (AvgIpc) is 2.98. The number of aromatic nitrogens is 2. The number of aryl methyl sites for hydroxylation is 1. The molecule has 6 heteroatoms. The van der Waals surface area contributed by atoms with E-state index < -0.39 is 0 Å². The van der Waals surface area contributed by atoms with Gasteiger partial charge in [0.2, 0.25) is 0 Å². The summed E-state index contributed by atoms with van der Waals surface area (Å²) in [4.78, 5) is 18.9. The van der Waals surface area contributed by atoms with E-state index in [1.807, 2.05) is 62.8 Å². The normalized spacial score (nSPS) is 12.1. The number of ether oxygens (including phenoxy) is 1. The molecule has 0 aliphatic heterocycles. The second-order valence-corrected chi connectivity index (χ2v) is 5.94. The SMILES string of the molecule is CCN(C(=O)NC(c1cccc(OC)c1)c1nccn1C)C(C)C. The lowest BCUT2D eigenvalue weighted by Crippen LogP contribution is -2.45. The highest BCUT2D eigenvalue weighted by molar-refractivity contribution is 5.75. The highest BCUT2D eigenvalue weighted by atomic mass is 16.5. The lowest BCUT2D eigenvalue weighted by molar-refractivity contribution is 0.184. The Morgan fingerprint density at radius 3 is 2.71 bits per heavy atom. The lowest BCUT2D eigenvalue weighted by atomic mass is 10.1. The summed E-state index contributed by atoms with van der Waals surface area (Å²) >= 11 is 0. The van der Waals surface area contributed by atoms with Crippen LogP contribution in [0.5, 0.6) is 5.75 Å². The van der Waals surface area contributed by atoms with Gasteiger partial charge in [-0.15, -0.1) is 0 Å². The number of nitrogens with zero attached hydrogens (tertiary/aromatic N) is 3. The Kier molecular flexibility index (Phi) is 5.84. The van der Waals surface area contributed by atoms with Gasteiger partial charge >= 0.3 is 6.03 Å². The van der Waals surface area contributed by atoms with Gasteiger partial charge in [0, 0.05) is 32.0 Å². The Balaban J connectivity index is 2.37. The molecule has 0 saturated heterocycles. The molecule has 24 heavy (non-hydrogen) atoms. The van der Waals surface area contributed by atoms with Gasteiger partial charge in [-0.2, -0.15) is 0 Å². The third kappa shape index (κ3) is 3.88. The van der Waals surface area contributed by atoms with Gasteiger partial charge in [-0.25, -0.2) is 9.78 Å². The zero-order valence-electron chi connectivity index (χ0n) is 15.0. The first-order valence-corrected chi connectivity index (χ1v) is 8.16. The molecule has 2 rings (SSSR count). The van der Waals surface area contributed by atoms with Crippen molar-refractivity contribution in [1.82, 2.24) is 19.8 Å². The molecule has 0 fully saturated rings. The summed E-state index contributed by atoms with van der Waals surface area (Å²) in [6.07, 6.45) is 3.60. The number of benzene rings is 1. The number of carbonyl (C=O) groups is 1. The Labute approximate surface area is 143 Å². The van der Waals surface area contributed by atoms with Crippen molar-refractivity contribution in [3.63, 3.8) is 0 Å². The van der Waals surface area contributed by atoms with E-state index in [0.29, 0.717) is 6.54 Å². The first-order chi connectivity index (χ1) is 11.5. The van der Waals surface area contributed by atoms with E-state index in [4.69, 9.17) is 4.74 Å². The fourth-order valence-electron chi connectivity index (χ4n) is 2.72. The van der Waals surface area contributed by atoms with Crippen LogP contribution in [-0.4, -0.2) is 40.2 Å². The number of hydrogen-bond acceptors (Lipinski definition) is 3. The second kappa shape index (κ2) is 7.86. The molecule has 1 N–H and O–H groups in total. The van der Waals surface area contributed by atoms with Crippen molar-refractivity contribution in [2.45, 2.75) is 32.9 Å². The van der Waals surface area contributed by atoms with Crippen LogP contribution in [0.15, 0.2) is 36.7 Å². The van der Waals surface area contributed by atoms with Crippen molar-refractivity contribution in [2.75, 3.05) is 13.7 Å². The van der Waals surface area contributed by atoms with E-state index in [1.165, 1.54) is 0 Å². The molecule has 1 aromatic carbocycles. The van der Waals surface area contributed by atoms with Crippen LogP contribution in [0, 0.1) is 0 Å². The molecule has 0 aliphatic carbocycles. The first kappa shape index (κ1) is 17.8. The molecule has 1 unspecified atom stereocenters. The summed E-state index contributed by atoms with van der Waals surface area (Å²) in [5.41, 5.74) is 0.928. The number of imidazole rings is 1. The molecule has 130 valence electrons. The van der Waals surface area contributed by atoms with Gasteiger partial charge in [-0.05, 0) is 38.5 Å². The Morgan fingerprint density at radius 2 is 2.17 bits per heavy atom. The minimum absolute atomic E-state index is 0.108. The molecule has 0 radical (unpaired) electrons. The summed E-state index contributed by atoms with van der Waals surface area (Å²) in [6.45, 7) is 6.63. The molecule has 1 atom stereocenters. The van der Waals surface area contributed by atoms with Crippen molar-refractivity contribution in [1.29, 1.82) is 0 Å². The van der Waals surface area contributed by atoms with E-state index in [-0.39, 0.29) is 18.1 Å². The van der Waals surface area contributed by atoms with Crippen LogP contribution in [-0.2, 0) is 7.05 Å². The van der Waals surface area contributed by atoms with Crippen molar-refractivity contribution in [2.24, 2.45) is 7.05 Å². The van der Waals surface area contributed by atoms with Crippen LogP contribution in [0.25, 0.3) is 0 Å². The maximum absolute atomic E-state index is 12.7. The van der Waals surface area contributed by atoms with Gasteiger partial charge < -0.3 is 19.5 Å². The van der Waals surface area contributed by atoms with Crippen LogP contribution in [0.2, 0.25) is 0 Å². The minimum atomic E-state index is -0.347. The van der Waals surface area contributed by atoms with E-state index in [0.717, 1.165) is 17.1 Å². The standard InChI is InChI=1S/C18H26N4O2/c1-6-22(13(2)3)18(23)20-16(17-19-10-11-21(17)4)14-8-7-9-15(12-14)24-5/h7-13,16H,6H2,1-5H3,(H,20,23). The maximum atomic E-state index is 12.7. The third-order valence-corrected chi connectivity index (χ3v) is 4.04. The van der Waals surface area contributed by atoms with Gasteiger partial charge in [-0.3, -0.25) is 0 Å². The van der Waals surface area contributed by atoms with E-state index >= 15 is 0 Å². The summed E-state index contributed by atoms with van der Waals surface area (Å²) < 4.78 is 7.23. The largest absolute Gasteiger partial charge is 0.497 e. The average molecular weight is 330 g/mol. The Hall–Kier alpha value is -2.50. The molecule has 1 aromatic heterocycles. The number of methoxy groups -OCH3 is 1. The Bertz CT molecular complexity index is 681. The number of carbonyl (C=O) groups excluding carboxylic acids is 1. The predicted molar refractivity (Wildman–Crippen MR) is 94.1 cm³/mol. The van der Waals surface area contributed by atoms with Crippen LogP contribution in [0.1, 0.15) is 38.2 Å². The summed E-state index contributed by atoms with van der Waals surface area (Å²) in [5.74, 6) is 1.52. The zero-order chi connectivity index (χ0) is 17.7. The highest BCUT2D eigenvalue weighted by Crippen LogP contribution is 2.24. The van der Waals surface area contributed by atoms with Gasteiger partial charge in [-0.1, -0.05) is 12.1 Å². The van der Waals surface area contributed by atoms with Crippen molar-refractivity contribution < 1.29 is 9.53 Å². The van der Waals surface area contributed by atoms with Crippen LogP contribution < -0.4 is 10.1 Å². The number of amides is 2. The van der Waals surface area contributed by atoms with E-state index in [9.17, 15) is 4.79 Å². The van der Waals surface area contributed by atoms with Crippen LogP contribution >= 0.6 is 0 Å². The van der Waals surface area contributed by atoms with Gasteiger partial charge in [0.15, 0.2) is 0 Å². The van der Waals surface area contributed by atoms with Crippen molar-refractivity contribution >= 4 is 6.03 Å². The highest BCUT2D eigenvalue weighted by Gasteiger charge is 2.24. The van der Waals surface area contributed by atoms with Crippen LogP contribution in [0.4, 0.5) is 4.79 Å². The molecule has 0 aliphatic rings. The zero-order valence-corrected chi connectivity index (χ0v) is 15.0. The topological polar surface area (TPSA) is 59.4 Å². The maximum Gasteiger partial charge on any atom is 0.318 e. The lowest BCUT2D eigenvalue weighted by Gasteiger charge is -2.28. The van der Waals surface area contributed by atoms with Gasteiger partial charge in [0.05, 0.1) is 7.11 Å². The monoisotopic (exact) mass is 330 g/mol. The van der Waals surface area contributed by atoms with E-state index in [1.54, 1.807) is 18.2 Å². The molecule has 2 amide bonds. The second-order valence-electron chi connectivity index (χ2n) is 5.94. The van der Waals surface area contributed by atoms with E-state index in [2.05, 4.69) is 10.3 Å². The van der Waals surface area contributed by atoms with Crippen molar-refractivity contribution in [3.8, 4) is 5.75 Å². The van der Waals surface area contributed by atoms with Gasteiger partial charge in [0.25, 0.3) is 0 Å². The summed E-state index contributed by atoms with van der Waals surface area (Å²) in [7, 11) is 3.55. The number of nitrogens with one attached hydrogen (secondary N) is 1.